The van der Waals surface area contributed by atoms with Crippen molar-refractivity contribution in [3.05, 3.63) is 36.5 Å². The minimum absolute atomic E-state index is 0.512. The Balaban J connectivity index is 1.57. The maximum Gasteiger partial charge on any atom is 0.309 e. The van der Waals surface area contributed by atoms with Gasteiger partial charge in [0, 0.05) is 24.7 Å². The maximum absolute atomic E-state index is 11.9. The fourth-order valence-corrected chi connectivity index (χ4v) is 3.88. The number of hydrogen-bond acceptors (Lipinski definition) is 3. The number of anilines is 1. The van der Waals surface area contributed by atoms with Crippen molar-refractivity contribution in [1.82, 2.24) is 4.98 Å². The Morgan fingerprint density at radius 2 is 1.96 bits per heavy atom. The van der Waals surface area contributed by atoms with Gasteiger partial charge < -0.3 is 10.0 Å². The molecule has 1 saturated carbocycles. The number of hydrogen-bond donors (Lipinski definition) is 1. The SMILES string of the molecule is O=C(O)C1(CC2CC2)CCN(c2nccc3ccccc23)CC1. The van der Waals surface area contributed by atoms with Crippen molar-refractivity contribution in [2.45, 2.75) is 32.1 Å². The first-order valence-electron chi connectivity index (χ1n) is 8.50. The van der Waals surface area contributed by atoms with Gasteiger partial charge in [-0.1, -0.05) is 37.1 Å². The molecule has 1 saturated heterocycles. The molecule has 0 bridgehead atoms. The summed E-state index contributed by atoms with van der Waals surface area (Å²) in [7, 11) is 0. The minimum Gasteiger partial charge on any atom is -0.481 e. The third-order valence-electron chi connectivity index (χ3n) is 5.50. The molecule has 2 aromatic rings. The van der Waals surface area contributed by atoms with Gasteiger partial charge in [-0.2, -0.15) is 0 Å². The van der Waals surface area contributed by atoms with E-state index in [0.29, 0.717) is 5.92 Å². The van der Waals surface area contributed by atoms with Crippen molar-refractivity contribution in [3.8, 4) is 0 Å². The highest BCUT2D eigenvalue weighted by molar-refractivity contribution is 5.92. The molecule has 2 aliphatic rings. The molecule has 1 aliphatic carbocycles. The van der Waals surface area contributed by atoms with Crippen molar-refractivity contribution < 1.29 is 9.90 Å². The number of rotatable bonds is 4. The van der Waals surface area contributed by atoms with E-state index >= 15 is 0 Å². The molecule has 4 nitrogen and oxygen atoms in total. The van der Waals surface area contributed by atoms with E-state index in [1.165, 1.54) is 18.2 Å². The number of piperidine rings is 1. The maximum atomic E-state index is 11.9. The number of fused-ring (bicyclic) bond motifs is 1. The van der Waals surface area contributed by atoms with Gasteiger partial charge in [-0.05, 0) is 36.6 Å². The summed E-state index contributed by atoms with van der Waals surface area (Å²) < 4.78 is 0. The summed E-state index contributed by atoms with van der Waals surface area (Å²) in [5, 5.41) is 12.1. The summed E-state index contributed by atoms with van der Waals surface area (Å²) in [5.74, 6) is 1.04. The van der Waals surface area contributed by atoms with Gasteiger partial charge in [-0.3, -0.25) is 4.79 Å². The standard InChI is InChI=1S/C19H22N2O2/c22-18(23)19(13-14-5-6-14)8-11-21(12-9-19)17-16-4-2-1-3-15(16)7-10-20-17/h1-4,7,10,14H,5-6,8-9,11-13H2,(H,22,23). The zero-order chi connectivity index (χ0) is 15.9. The van der Waals surface area contributed by atoms with E-state index in [0.717, 1.165) is 43.6 Å². The Morgan fingerprint density at radius 1 is 1.22 bits per heavy atom. The van der Waals surface area contributed by atoms with E-state index in [1.807, 2.05) is 24.4 Å². The topological polar surface area (TPSA) is 53.4 Å². The fourth-order valence-electron chi connectivity index (χ4n) is 3.88. The molecule has 0 spiro atoms. The molecular weight excluding hydrogens is 288 g/mol. The normalized spacial score (nSPS) is 20.6. The second-order valence-corrected chi connectivity index (χ2v) is 7.08. The molecule has 2 heterocycles. The zero-order valence-corrected chi connectivity index (χ0v) is 13.2. The molecular formula is C19H22N2O2. The third kappa shape index (κ3) is 2.67. The first-order valence-corrected chi connectivity index (χ1v) is 8.50. The van der Waals surface area contributed by atoms with Crippen molar-refractivity contribution >= 4 is 22.6 Å². The molecule has 1 aromatic heterocycles. The van der Waals surface area contributed by atoms with Crippen LogP contribution in [0.4, 0.5) is 5.82 Å². The van der Waals surface area contributed by atoms with Crippen LogP contribution in [-0.2, 0) is 4.79 Å². The van der Waals surface area contributed by atoms with E-state index in [2.05, 4.69) is 22.0 Å². The third-order valence-corrected chi connectivity index (χ3v) is 5.50. The minimum atomic E-state index is -0.602. The Kier molecular flexibility index (Phi) is 3.47. The molecule has 1 aromatic carbocycles. The monoisotopic (exact) mass is 310 g/mol. The smallest absolute Gasteiger partial charge is 0.309 e. The number of nitrogens with zero attached hydrogens (tertiary/aromatic N) is 2. The molecule has 23 heavy (non-hydrogen) atoms. The highest BCUT2D eigenvalue weighted by atomic mass is 16.4. The summed E-state index contributed by atoms with van der Waals surface area (Å²) in [4.78, 5) is 18.7. The van der Waals surface area contributed by atoms with E-state index in [9.17, 15) is 9.90 Å². The number of carboxylic acid groups (broad SMARTS) is 1. The van der Waals surface area contributed by atoms with Crippen LogP contribution in [0.15, 0.2) is 36.5 Å². The Bertz CT molecular complexity index is 726. The number of benzene rings is 1. The number of carbonyl (C=O) groups is 1. The Morgan fingerprint density at radius 3 is 2.65 bits per heavy atom. The van der Waals surface area contributed by atoms with Crippen LogP contribution in [0.3, 0.4) is 0 Å². The first kappa shape index (κ1) is 14.5. The summed E-state index contributed by atoms with van der Waals surface area (Å²) >= 11 is 0. The van der Waals surface area contributed by atoms with Crippen molar-refractivity contribution in [2.75, 3.05) is 18.0 Å². The number of carboxylic acids is 1. The summed E-state index contributed by atoms with van der Waals surface area (Å²) in [6.07, 6.45) is 6.58. The molecule has 0 amide bonds. The number of aliphatic carboxylic acids is 1. The largest absolute Gasteiger partial charge is 0.481 e. The molecule has 4 rings (SSSR count). The average molecular weight is 310 g/mol. The second kappa shape index (κ2) is 5.52. The lowest BCUT2D eigenvalue weighted by Crippen LogP contribution is -2.45. The van der Waals surface area contributed by atoms with Crippen LogP contribution in [-0.4, -0.2) is 29.1 Å². The molecule has 120 valence electrons. The van der Waals surface area contributed by atoms with Gasteiger partial charge in [-0.25, -0.2) is 4.98 Å². The molecule has 1 N–H and O–H groups in total. The van der Waals surface area contributed by atoms with E-state index in [-0.39, 0.29) is 0 Å². The summed E-state index contributed by atoms with van der Waals surface area (Å²) in [6, 6.07) is 10.3. The number of pyridine rings is 1. The Hall–Kier alpha value is -2.10. The van der Waals surface area contributed by atoms with E-state index in [4.69, 9.17) is 0 Å². The molecule has 4 heteroatoms. The van der Waals surface area contributed by atoms with Crippen LogP contribution in [0.5, 0.6) is 0 Å². The predicted molar refractivity (Wildman–Crippen MR) is 90.6 cm³/mol. The van der Waals surface area contributed by atoms with Crippen molar-refractivity contribution in [3.63, 3.8) is 0 Å². The van der Waals surface area contributed by atoms with Gasteiger partial charge >= 0.3 is 5.97 Å². The predicted octanol–water partition coefficient (Wildman–Crippen LogP) is 3.71. The lowest BCUT2D eigenvalue weighted by Gasteiger charge is -2.40. The molecule has 0 unspecified atom stereocenters. The van der Waals surface area contributed by atoms with Gasteiger partial charge in [0.1, 0.15) is 5.82 Å². The van der Waals surface area contributed by atoms with Crippen molar-refractivity contribution in [1.29, 1.82) is 0 Å². The lowest BCUT2D eigenvalue weighted by molar-refractivity contribution is -0.151. The van der Waals surface area contributed by atoms with Crippen molar-refractivity contribution in [2.24, 2.45) is 11.3 Å². The van der Waals surface area contributed by atoms with Gasteiger partial charge in [-0.15, -0.1) is 0 Å². The lowest BCUT2D eigenvalue weighted by atomic mass is 9.74. The first-order chi connectivity index (χ1) is 11.2. The second-order valence-electron chi connectivity index (χ2n) is 7.08. The van der Waals surface area contributed by atoms with Crippen LogP contribution in [0.1, 0.15) is 32.1 Å². The molecule has 2 fully saturated rings. The van der Waals surface area contributed by atoms with Gasteiger partial charge in [0.2, 0.25) is 0 Å². The molecule has 0 radical (unpaired) electrons. The zero-order valence-electron chi connectivity index (χ0n) is 13.2. The highest BCUT2D eigenvalue weighted by Crippen LogP contribution is 2.46. The summed E-state index contributed by atoms with van der Waals surface area (Å²) in [6.45, 7) is 1.56. The van der Waals surface area contributed by atoms with Crippen LogP contribution >= 0.6 is 0 Å². The van der Waals surface area contributed by atoms with E-state index in [1.54, 1.807) is 0 Å². The van der Waals surface area contributed by atoms with Crippen LogP contribution < -0.4 is 4.90 Å². The quantitative estimate of drug-likeness (QED) is 0.935. The highest BCUT2D eigenvalue weighted by Gasteiger charge is 2.45. The van der Waals surface area contributed by atoms with E-state index < -0.39 is 11.4 Å². The van der Waals surface area contributed by atoms with Crippen LogP contribution in [0, 0.1) is 11.3 Å². The Labute approximate surface area is 136 Å². The van der Waals surface area contributed by atoms with Crippen LogP contribution in [0.2, 0.25) is 0 Å². The fraction of sp³-hybridized carbons (Fsp3) is 0.474. The van der Waals surface area contributed by atoms with Gasteiger partial charge in [0.05, 0.1) is 5.41 Å². The van der Waals surface area contributed by atoms with Gasteiger partial charge in [0.15, 0.2) is 0 Å². The summed E-state index contributed by atoms with van der Waals surface area (Å²) in [5.41, 5.74) is -0.512. The number of aromatic nitrogens is 1. The van der Waals surface area contributed by atoms with Crippen LogP contribution in [0.25, 0.3) is 10.8 Å². The molecule has 0 atom stereocenters. The van der Waals surface area contributed by atoms with Gasteiger partial charge in [0.25, 0.3) is 0 Å². The average Bonchev–Trinajstić information content (AvgIpc) is 3.39. The molecule has 1 aliphatic heterocycles.